The lowest BCUT2D eigenvalue weighted by Crippen LogP contribution is -2.07. The summed E-state index contributed by atoms with van der Waals surface area (Å²) in [4.78, 5) is 4.48. The first-order valence-corrected chi connectivity index (χ1v) is 6.48. The number of aryl methyl sites for hydroxylation is 1. The van der Waals surface area contributed by atoms with Crippen LogP contribution in [-0.2, 0) is 0 Å². The molecule has 0 unspecified atom stereocenters. The lowest BCUT2D eigenvalue weighted by molar-refractivity contribution is 0.714. The van der Waals surface area contributed by atoms with Crippen LogP contribution in [0.15, 0.2) is 12.8 Å². The Balaban J connectivity index is 2.57. The SMILES string of the molecule is C=C(C)c1c(NC)ncc(C)c1C1CCCC1. The van der Waals surface area contributed by atoms with Crippen molar-refractivity contribution < 1.29 is 0 Å². The molecule has 0 bridgehead atoms. The fourth-order valence-corrected chi connectivity index (χ4v) is 2.98. The van der Waals surface area contributed by atoms with Gasteiger partial charge in [-0.25, -0.2) is 4.98 Å². The molecule has 1 aromatic heterocycles. The number of rotatable bonds is 3. The van der Waals surface area contributed by atoms with E-state index in [1.54, 1.807) is 0 Å². The highest BCUT2D eigenvalue weighted by molar-refractivity contribution is 5.75. The van der Waals surface area contributed by atoms with Gasteiger partial charge in [0.15, 0.2) is 0 Å². The van der Waals surface area contributed by atoms with Gasteiger partial charge >= 0.3 is 0 Å². The van der Waals surface area contributed by atoms with Crippen LogP contribution in [0, 0.1) is 6.92 Å². The van der Waals surface area contributed by atoms with E-state index in [2.05, 4.69) is 30.7 Å². The van der Waals surface area contributed by atoms with Gasteiger partial charge in [-0.1, -0.05) is 19.4 Å². The maximum Gasteiger partial charge on any atom is 0.133 e. The number of aromatic nitrogens is 1. The molecule has 92 valence electrons. The van der Waals surface area contributed by atoms with E-state index in [4.69, 9.17) is 0 Å². The topological polar surface area (TPSA) is 24.9 Å². The van der Waals surface area contributed by atoms with E-state index in [1.165, 1.54) is 42.4 Å². The first-order valence-electron chi connectivity index (χ1n) is 6.48. The molecule has 1 aromatic rings. The van der Waals surface area contributed by atoms with Gasteiger partial charge < -0.3 is 5.32 Å². The predicted molar refractivity (Wildman–Crippen MR) is 74.4 cm³/mol. The Hall–Kier alpha value is -1.31. The number of anilines is 1. The maximum atomic E-state index is 4.48. The summed E-state index contributed by atoms with van der Waals surface area (Å²) in [5, 5.41) is 3.20. The van der Waals surface area contributed by atoms with Gasteiger partial charge in [-0.3, -0.25) is 0 Å². The second kappa shape index (κ2) is 4.91. The summed E-state index contributed by atoms with van der Waals surface area (Å²) in [7, 11) is 1.93. The van der Waals surface area contributed by atoms with Crippen molar-refractivity contribution in [3.05, 3.63) is 29.5 Å². The van der Waals surface area contributed by atoms with Gasteiger partial charge in [-0.2, -0.15) is 0 Å². The lowest BCUT2D eigenvalue weighted by atomic mass is 9.88. The Morgan fingerprint density at radius 1 is 1.41 bits per heavy atom. The summed E-state index contributed by atoms with van der Waals surface area (Å²) in [6, 6.07) is 0. The minimum Gasteiger partial charge on any atom is -0.373 e. The molecular weight excluding hydrogens is 208 g/mol. The molecule has 1 aliphatic rings. The van der Waals surface area contributed by atoms with Gasteiger partial charge in [-0.05, 0) is 49.3 Å². The van der Waals surface area contributed by atoms with Crippen molar-refractivity contribution in [3.8, 4) is 0 Å². The molecule has 0 saturated heterocycles. The van der Waals surface area contributed by atoms with Crippen LogP contribution >= 0.6 is 0 Å². The second-order valence-corrected chi connectivity index (χ2v) is 5.09. The van der Waals surface area contributed by atoms with Crippen molar-refractivity contribution in [1.29, 1.82) is 0 Å². The van der Waals surface area contributed by atoms with Gasteiger partial charge in [0.2, 0.25) is 0 Å². The van der Waals surface area contributed by atoms with Crippen LogP contribution in [0.5, 0.6) is 0 Å². The van der Waals surface area contributed by atoms with Crippen LogP contribution in [0.25, 0.3) is 5.57 Å². The molecule has 1 saturated carbocycles. The third-order valence-corrected chi connectivity index (χ3v) is 3.75. The average Bonchev–Trinajstić information content (AvgIpc) is 2.81. The summed E-state index contributed by atoms with van der Waals surface area (Å²) < 4.78 is 0. The largest absolute Gasteiger partial charge is 0.373 e. The second-order valence-electron chi connectivity index (χ2n) is 5.09. The Morgan fingerprint density at radius 2 is 2.06 bits per heavy atom. The molecule has 0 amide bonds. The maximum absolute atomic E-state index is 4.48. The van der Waals surface area contributed by atoms with Crippen molar-refractivity contribution in [2.45, 2.75) is 45.4 Å². The highest BCUT2D eigenvalue weighted by atomic mass is 15.0. The zero-order valence-corrected chi connectivity index (χ0v) is 11.1. The normalized spacial score (nSPS) is 16.2. The lowest BCUT2D eigenvalue weighted by Gasteiger charge is -2.20. The van der Waals surface area contributed by atoms with Gasteiger partial charge in [0.25, 0.3) is 0 Å². The number of pyridine rings is 1. The summed E-state index contributed by atoms with van der Waals surface area (Å²) in [5.74, 6) is 1.68. The molecule has 0 aromatic carbocycles. The van der Waals surface area contributed by atoms with Gasteiger partial charge in [0, 0.05) is 18.8 Å². The fourth-order valence-electron chi connectivity index (χ4n) is 2.98. The molecule has 2 heteroatoms. The van der Waals surface area contributed by atoms with Crippen LogP contribution in [0.2, 0.25) is 0 Å². The fraction of sp³-hybridized carbons (Fsp3) is 0.533. The highest BCUT2D eigenvalue weighted by Gasteiger charge is 2.24. The summed E-state index contributed by atoms with van der Waals surface area (Å²) in [6.07, 6.45) is 7.34. The Morgan fingerprint density at radius 3 is 2.59 bits per heavy atom. The molecule has 0 radical (unpaired) electrons. The summed E-state index contributed by atoms with van der Waals surface area (Å²) in [6.45, 7) is 8.38. The predicted octanol–water partition coefficient (Wildman–Crippen LogP) is 4.12. The molecule has 1 aliphatic carbocycles. The Labute approximate surface area is 104 Å². The van der Waals surface area contributed by atoms with Crippen molar-refractivity contribution >= 4 is 11.4 Å². The van der Waals surface area contributed by atoms with Gasteiger partial charge in [0.05, 0.1) is 0 Å². The van der Waals surface area contributed by atoms with Crippen molar-refractivity contribution in [2.75, 3.05) is 12.4 Å². The van der Waals surface area contributed by atoms with Crippen molar-refractivity contribution in [2.24, 2.45) is 0 Å². The zero-order valence-electron chi connectivity index (χ0n) is 11.1. The molecule has 0 aliphatic heterocycles. The van der Waals surface area contributed by atoms with E-state index in [0.29, 0.717) is 5.92 Å². The van der Waals surface area contributed by atoms with E-state index in [1.807, 2.05) is 13.2 Å². The molecule has 1 fully saturated rings. The van der Waals surface area contributed by atoms with Crippen molar-refractivity contribution in [3.63, 3.8) is 0 Å². The van der Waals surface area contributed by atoms with E-state index < -0.39 is 0 Å². The number of allylic oxidation sites excluding steroid dienone is 1. The molecule has 17 heavy (non-hydrogen) atoms. The molecular formula is C15H22N2. The first kappa shape index (κ1) is 12.2. The Bertz CT molecular complexity index is 429. The summed E-state index contributed by atoms with van der Waals surface area (Å²) >= 11 is 0. The third-order valence-electron chi connectivity index (χ3n) is 3.75. The standard InChI is InChI=1S/C15H22N2/c1-10(2)13-14(12-7-5-6-8-12)11(3)9-17-15(13)16-4/h9,12H,1,5-8H2,2-4H3,(H,16,17). The van der Waals surface area contributed by atoms with E-state index in [9.17, 15) is 0 Å². The van der Waals surface area contributed by atoms with Crippen LogP contribution in [-0.4, -0.2) is 12.0 Å². The van der Waals surface area contributed by atoms with E-state index >= 15 is 0 Å². The smallest absolute Gasteiger partial charge is 0.133 e. The number of nitrogens with zero attached hydrogens (tertiary/aromatic N) is 1. The van der Waals surface area contributed by atoms with Crippen LogP contribution < -0.4 is 5.32 Å². The molecule has 1 heterocycles. The Kier molecular flexibility index (Phi) is 3.51. The zero-order chi connectivity index (χ0) is 12.4. The quantitative estimate of drug-likeness (QED) is 0.844. The number of hydrogen-bond donors (Lipinski definition) is 1. The van der Waals surface area contributed by atoms with Gasteiger partial charge in [0.1, 0.15) is 5.82 Å². The first-order chi connectivity index (χ1) is 8.15. The van der Waals surface area contributed by atoms with E-state index in [0.717, 1.165) is 11.4 Å². The molecule has 2 nitrogen and oxygen atoms in total. The number of hydrogen-bond acceptors (Lipinski definition) is 2. The van der Waals surface area contributed by atoms with Crippen molar-refractivity contribution in [1.82, 2.24) is 4.98 Å². The summed E-state index contributed by atoms with van der Waals surface area (Å²) in [5.41, 5.74) is 5.16. The average molecular weight is 230 g/mol. The van der Waals surface area contributed by atoms with Crippen LogP contribution in [0.3, 0.4) is 0 Å². The molecule has 2 rings (SSSR count). The minimum absolute atomic E-state index is 0.705. The third kappa shape index (κ3) is 2.21. The molecule has 1 N–H and O–H groups in total. The molecule has 0 spiro atoms. The monoisotopic (exact) mass is 230 g/mol. The van der Waals surface area contributed by atoms with Gasteiger partial charge in [-0.15, -0.1) is 0 Å². The van der Waals surface area contributed by atoms with E-state index in [-0.39, 0.29) is 0 Å². The minimum atomic E-state index is 0.705. The number of nitrogens with one attached hydrogen (secondary N) is 1. The van der Waals surface area contributed by atoms with Crippen LogP contribution in [0.4, 0.5) is 5.82 Å². The highest BCUT2D eigenvalue weighted by Crippen LogP contribution is 2.40. The molecule has 0 atom stereocenters. The van der Waals surface area contributed by atoms with Crippen LogP contribution in [0.1, 0.15) is 55.2 Å².